The van der Waals surface area contributed by atoms with Crippen LogP contribution in [0.3, 0.4) is 0 Å². The van der Waals surface area contributed by atoms with Crippen LogP contribution in [0.5, 0.6) is 5.75 Å². The molecular formula is C14H13I4N3OP-. The summed E-state index contributed by atoms with van der Waals surface area (Å²) in [6.07, 6.45) is 1.12. The number of benzene rings is 2. The van der Waals surface area contributed by atoms with E-state index in [1.165, 1.54) is 5.56 Å². The third-order valence-electron chi connectivity index (χ3n) is 3.17. The molecular weight excluding hydrogens is 765 g/mol. The van der Waals surface area contributed by atoms with Gasteiger partial charge in [-0.2, -0.15) is 0 Å². The molecule has 1 saturated heterocycles. The van der Waals surface area contributed by atoms with E-state index in [1.54, 1.807) is 7.11 Å². The Kier molecular flexibility index (Phi) is 6.63. The van der Waals surface area contributed by atoms with Crippen LogP contribution in [-0.4, -0.2) is 7.11 Å². The summed E-state index contributed by atoms with van der Waals surface area (Å²) in [5, 5.41) is 0. The molecule has 1 aliphatic heterocycles. The normalized spacial score (nSPS) is 17.5. The number of nitrogen functional groups attached to an aromatic ring is 1. The first-order valence-corrected chi connectivity index (χ1v) is 15.2. The Morgan fingerprint density at radius 1 is 1.09 bits per heavy atom. The zero-order valence-corrected chi connectivity index (χ0v) is 21.5. The van der Waals surface area contributed by atoms with Gasteiger partial charge in [-0.05, 0) is 0 Å². The summed E-state index contributed by atoms with van der Waals surface area (Å²) < 4.78 is 9.51. The molecule has 4 N–H and O–H groups in total. The van der Waals surface area contributed by atoms with Gasteiger partial charge in [-0.15, -0.1) is 0 Å². The number of nitrogens with two attached hydrogens (primary N) is 1. The van der Waals surface area contributed by atoms with Crippen molar-refractivity contribution >= 4 is 91.1 Å². The van der Waals surface area contributed by atoms with Crippen LogP contribution < -0.4 is 42.0 Å². The van der Waals surface area contributed by atoms with Crippen LogP contribution in [0.15, 0.2) is 24.3 Å². The van der Waals surface area contributed by atoms with E-state index in [2.05, 4.69) is 96.8 Å². The molecule has 0 bridgehead atoms. The molecule has 2 aromatic rings. The van der Waals surface area contributed by atoms with Crippen LogP contribution in [0.2, 0.25) is 0 Å². The van der Waals surface area contributed by atoms with Gasteiger partial charge < -0.3 is 0 Å². The van der Waals surface area contributed by atoms with Crippen molar-refractivity contribution in [2.75, 3.05) is 23.7 Å². The summed E-state index contributed by atoms with van der Waals surface area (Å²) in [5.41, 5.74) is 17.2. The second-order valence-corrected chi connectivity index (χ2v) is 15.4. The number of alkyl halides is 1. The van der Waals surface area contributed by atoms with E-state index in [9.17, 15) is 0 Å². The van der Waals surface area contributed by atoms with E-state index in [0.717, 1.165) is 43.4 Å². The van der Waals surface area contributed by atoms with Crippen molar-refractivity contribution in [2.45, 2.75) is 3.67 Å². The van der Waals surface area contributed by atoms with Crippen molar-refractivity contribution in [3.8, 4) is 5.75 Å². The molecule has 2 atom stereocenters. The van der Waals surface area contributed by atoms with E-state index >= 15 is 0 Å². The van der Waals surface area contributed by atoms with Crippen molar-refractivity contribution < 1.29 is 25.4 Å². The van der Waals surface area contributed by atoms with E-state index in [0.29, 0.717) is 20.7 Å². The van der Waals surface area contributed by atoms with Gasteiger partial charge in [-0.1, -0.05) is 0 Å². The standard InChI is InChI=1S/C14H13I4N3OP/c1-22-13-10(16)4-7(5-11(13)17)20-21-12-8(14-18-23-14)2-6(19)3-9(12)15/h2-5,14,20-21,23H,19H2,1H3/q-1. The predicted molar refractivity (Wildman–Crippen MR) is 120 cm³/mol. The quantitative estimate of drug-likeness (QED) is 0.144. The van der Waals surface area contributed by atoms with Crippen molar-refractivity contribution in [1.82, 2.24) is 0 Å². The van der Waals surface area contributed by atoms with Gasteiger partial charge in [0, 0.05) is 0 Å². The Morgan fingerprint density at radius 3 is 2.30 bits per heavy atom. The molecule has 2 aromatic carbocycles. The number of rotatable bonds is 5. The van der Waals surface area contributed by atoms with Crippen molar-refractivity contribution in [1.29, 1.82) is 0 Å². The Labute approximate surface area is 187 Å². The minimum absolute atomic E-state index is 0.351. The van der Waals surface area contributed by atoms with Crippen LogP contribution in [0.1, 0.15) is 9.23 Å². The van der Waals surface area contributed by atoms with Crippen molar-refractivity contribution in [2.24, 2.45) is 0 Å². The fourth-order valence-corrected chi connectivity index (χ4v) is 8.68. The number of methoxy groups -OCH3 is 1. The molecule has 23 heavy (non-hydrogen) atoms. The topological polar surface area (TPSA) is 59.3 Å². The molecule has 0 radical (unpaired) electrons. The van der Waals surface area contributed by atoms with Crippen molar-refractivity contribution in [3.05, 3.63) is 40.5 Å². The third kappa shape index (κ3) is 4.59. The summed E-state index contributed by atoms with van der Waals surface area (Å²) in [6.45, 7) is 0. The molecule has 0 spiro atoms. The van der Waals surface area contributed by atoms with Crippen molar-refractivity contribution in [3.63, 3.8) is 0 Å². The maximum atomic E-state index is 6.02. The molecule has 1 aliphatic rings. The van der Waals surface area contributed by atoms with Gasteiger partial charge in [0.25, 0.3) is 0 Å². The molecule has 0 saturated carbocycles. The Hall–Kier alpha value is 0.990. The Morgan fingerprint density at radius 2 is 1.74 bits per heavy atom. The van der Waals surface area contributed by atoms with E-state index < -0.39 is 0 Å². The molecule has 4 nitrogen and oxygen atoms in total. The average Bonchev–Trinajstić information content (AvgIpc) is 3.30. The van der Waals surface area contributed by atoms with E-state index in [1.807, 2.05) is 6.07 Å². The second kappa shape index (κ2) is 8.12. The van der Waals surface area contributed by atoms with Crippen LogP contribution in [0, 0.1) is 10.7 Å². The summed E-state index contributed by atoms with van der Waals surface area (Å²) in [6, 6.07) is 8.28. The number of anilines is 3. The first kappa shape index (κ1) is 18.8. The summed E-state index contributed by atoms with van der Waals surface area (Å²) >= 11 is 7.29. The fourth-order valence-electron chi connectivity index (χ4n) is 2.09. The maximum absolute atomic E-state index is 6.02. The molecule has 1 heterocycles. The third-order valence-corrected chi connectivity index (χ3v) is 10.8. The predicted octanol–water partition coefficient (Wildman–Crippen LogP) is 2.22. The SMILES string of the molecule is COc1c(I)cc(NNc2c(I)cc(N)cc2C2P[I-]2)cc1I. The van der Waals surface area contributed by atoms with Gasteiger partial charge >= 0.3 is 190 Å². The molecule has 2 unspecified atom stereocenters. The van der Waals surface area contributed by atoms with Gasteiger partial charge in [0.1, 0.15) is 0 Å². The fraction of sp³-hybridized carbons (Fsp3) is 0.143. The van der Waals surface area contributed by atoms with Crippen LogP contribution in [-0.2, 0) is 0 Å². The van der Waals surface area contributed by atoms with Crippen LogP contribution in [0.4, 0.5) is 17.1 Å². The second-order valence-electron chi connectivity index (χ2n) is 4.77. The van der Waals surface area contributed by atoms with E-state index in [4.69, 9.17) is 10.5 Å². The number of ether oxygens (including phenoxy) is 1. The first-order chi connectivity index (χ1) is 11.0. The average molecular weight is 778 g/mol. The molecule has 0 aliphatic carbocycles. The van der Waals surface area contributed by atoms with Gasteiger partial charge in [0.05, 0.1) is 0 Å². The zero-order valence-electron chi connectivity index (χ0n) is 11.9. The van der Waals surface area contributed by atoms with Gasteiger partial charge in [0.15, 0.2) is 0 Å². The number of halogens is 4. The van der Waals surface area contributed by atoms with Crippen LogP contribution >= 0.6 is 74.0 Å². The molecule has 0 amide bonds. The van der Waals surface area contributed by atoms with Gasteiger partial charge in [-0.25, -0.2) is 0 Å². The zero-order chi connectivity index (χ0) is 16.6. The number of hydrogen-bond acceptors (Lipinski definition) is 4. The number of nitrogens with one attached hydrogen (secondary N) is 2. The number of hydrogen-bond donors (Lipinski definition) is 3. The molecule has 1 fully saturated rings. The number of hydrazine groups is 1. The monoisotopic (exact) mass is 778 g/mol. The Balaban J connectivity index is 1.84. The molecule has 9 heteroatoms. The minimum atomic E-state index is 0.351. The Bertz CT molecular complexity index is 732. The van der Waals surface area contributed by atoms with E-state index in [-0.39, 0.29) is 0 Å². The van der Waals surface area contributed by atoms with Crippen LogP contribution in [0.25, 0.3) is 0 Å². The molecule has 3 rings (SSSR count). The first-order valence-electron chi connectivity index (χ1n) is 6.51. The molecule has 124 valence electrons. The van der Waals surface area contributed by atoms with Gasteiger partial charge in [0.2, 0.25) is 0 Å². The molecule has 0 aromatic heterocycles. The van der Waals surface area contributed by atoms with Gasteiger partial charge in [-0.3, -0.25) is 0 Å². The summed E-state index contributed by atoms with van der Waals surface area (Å²) in [7, 11) is 1.70. The summed E-state index contributed by atoms with van der Waals surface area (Å²) in [5.74, 6) is 0.920. The summed E-state index contributed by atoms with van der Waals surface area (Å²) in [4.78, 5) is 0.